The Balaban J connectivity index is 1.79. The lowest BCUT2D eigenvalue weighted by Crippen LogP contribution is -2.07. The highest BCUT2D eigenvalue weighted by atomic mass is 32.2. The smallest absolute Gasteiger partial charge is 0.208 e. The minimum Gasteiger partial charge on any atom is -0.264 e. The first-order valence-corrected chi connectivity index (χ1v) is 9.99. The van der Waals surface area contributed by atoms with Crippen LogP contribution in [0, 0.1) is 4.77 Å². The Labute approximate surface area is 167 Å². The average Bonchev–Trinajstić information content (AvgIpc) is 2.74. The zero-order valence-electron chi connectivity index (χ0n) is 14.5. The third-order valence-electron chi connectivity index (χ3n) is 4.04. The summed E-state index contributed by atoms with van der Waals surface area (Å²) in [5.74, 6) is 1.47. The Hall–Kier alpha value is -2.76. The number of benzene rings is 3. The summed E-state index contributed by atoms with van der Waals surface area (Å²) in [6.45, 7) is 0. The second kappa shape index (κ2) is 8.29. The van der Waals surface area contributed by atoms with Crippen molar-refractivity contribution >= 4 is 24.0 Å². The van der Waals surface area contributed by atoms with E-state index in [9.17, 15) is 0 Å². The molecular weight excluding hydrogens is 370 g/mol. The van der Waals surface area contributed by atoms with E-state index in [4.69, 9.17) is 17.2 Å². The summed E-state index contributed by atoms with van der Waals surface area (Å²) in [5, 5.41) is 0.837. The van der Waals surface area contributed by atoms with Crippen molar-refractivity contribution in [2.45, 2.75) is 10.9 Å². The Bertz CT molecular complexity index is 1080. The highest BCUT2D eigenvalue weighted by Gasteiger charge is 2.12. The molecule has 27 heavy (non-hydrogen) atoms. The van der Waals surface area contributed by atoms with Crippen LogP contribution in [0.25, 0.3) is 17.1 Å². The fourth-order valence-electron chi connectivity index (χ4n) is 2.72. The van der Waals surface area contributed by atoms with Crippen molar-refractivity contribution in [1.82, 2.24) is 14.5 Å². The standard InChI is InChI=1S/C22H17N3S2/c26-21-23-20(18-12-6-2-7-13-18)24-22(25(21)19-14-8-3-9-15-19)27-16-17-10-4-1-5-11-17/h1-15H,16H2. The van der Waals surface area contributed by atoms with E-state index >= 15 is 0 Å². The van der Waals surface area contributed by atoms with Gasteiger partial charge in [0.25, 0.3) is 0 Å². The van der Waals surface area contributed by atoms with E-state index < -0.39 is 0 Å². The summed E-state index contributed by atoms with van der Waals surface area (Å²) in [6.07, 6.45) is 0. The molecule has 5 heteroatoms. The van der Waals surface area contributed by atoms with Crippen LogP contribution >= 0.6 is 24.0 Å². The number of thioether (sulfide) groups is 1. The minimum atomic E-state index is 0.505. The molecule has 0 saturated carbocycles. The van der Waals surface area contributed by atoms with Gasteiger partial charge in [-0.2, -0.15) is 4.98 Å². The summed E-state index contributed by atoms with van der Waals surface area (Å²) >= 11 is 7.30. The fraction of sp³-hybridized carbons (Fsp3) is 0.0455. The third kappa shape index (κ3) is 4.15. The van der Waals surface area contributed by atoms with Gasteiger partial charge in [-0.1, -0.05) is 90.6 Å². The van der Waals surface area contributed by atoms with E-state index in [1.807, 2.05) is 71.3 Å². The number of para-hydroxylation sites is 1. The molecule has 0 aliphatic rings. The first kappa shape index (κ1) is 17.6. The Morgan fingerprint density at radius 2 is 1.33 bits per heavy atom. The molecule has 1 heterocycles. The van der Waals surface area contributed by atoms with Crippen molar-refractivity contribution in [2.75, 3.05) is 0 Å². The van der Waals surface area contributed by atoms with Crippen molar-refractivity contribution in [2.24, 2.45) is 0 Å². The minimum absolute atomic E-state index is 0.505. The summed E-state index contributed by atoms with van der Waals surface area (Å²) in [6, 6.07) is 30.3. The number of aromatic nitrogens is 3. The molecule has 0 saturated heterocycles. The Morgan fingerprint density at radius 1 is 0.741 bits per heavy atom. The quantitative estimate of drug-likeness (QED) is 0.312. The van der Waals surface area contributed by atoms with Crippen LogP contribution in [0.1, 0.15) is 5.56 Å². The van der Waals surface area contributed by atoms with Crippen LogP contribution in [0.2, 0.25) is 0 Å². The van der Waals surface area contributed by atoms with Gasteiger partial charge in [0.15, 0.2) is 11.0 Å². The molecule has 0 spiro atoms. The van der Waals surface area contributed by atoms with Crippen molar-refractivity contribution in [1.29, 1.82) is 0 Å². The summed E-state index contributed by atoms with van der Waals surface area (Å²) in [7, 11) is 0. The van der Waals surface area contributed by atoms with Gasteiger partial charge in [0.1, 0.15) is 0 Å². The molecule has 0 N–H and O–H groups in total. The van der Waals surface area contributed by atoms with Crippen molar-refractivity contribution in [3.63, 3.8) is 0 Å². The molecule has 3 nitrogen and oxygen atoms in total. The maximum atomic E-state index is 5.64. The predicted octanol–water partition coefficient (Wildman–Crippen LogP) is 5.96. The van der Waals surface area contributed by atoms with E-state index in [2.05, 4.69) is 29.2 Å². The molecule has 1 aromatic heterocycles. The first-order chi connectivity index (χ1) is 13.3. The number of hydrogen-bond donors (Lipinski definition) is 0. The van der Waals surface area contributed by atoms with E-state index in [0.717, 1.165) is 22.2 Å². The summed E-state index contributed by atoms with van der Waals surface area (Å²) in [4.78, 5) is 9.43. The number of nitrogens with zero attached hydrogens (tertiary/aromatic N) is 3. The molecular formula is C22H17N3S2. The van der Waals surface area contributed by atoms with Crippen LogP contribution in [-0.2, 0) is 5.75 Å². The highest BCUT2D eigenvalue weighted by Crippen LogP contribution is 2.26. The molecule has 0 radical (unpaired) electrons. The van der Waals surface area contributed by atoms with Crippen LogP contribution in [0.15, 0.2) is 96.2 Å². The maximum absolute atomic E-state index is 5.64. The fourth-order valence-corrected chi connectivity index (χ4v) is 4.02. The molecule has 0 amide bonds. The van der Waals surface area contributed by atoms with E-state index in [0.29, 0.717) is 10.6 Å². The summed E-state index contributed by atoms with van der Waals surface area (Å²) < 4.78 is 2.45. The zero-order valence-corrected chi connectivity index (χ0v) is 16.2. The van der Waals surface area contributed by atoms with Crippen molar-refractivity contribution in [3.8, 4) is 17.1 Å². The topological polar surface area (TPSA) is 30.7 Å². The van der Waals surface area contributed by atoms with Gasteiger partial charge in [0, 0.05) is 11.3 Å². The molecule has 0 aliphatic carbocycles. The Kier molecular flexibility index (Phi) is 5.42. The lowest BCUT2D eigenvalue weighted by Gasteiger charge is -2.14. The molecule has 0 atom stereocenters. The second-order valence-corrected chi connectivity index (χ2v) is 7.23. The molecule has 0 unspecified atom stereocenters. The van der Waals surface area contributed by atoms with Crippen LogP contribution in [0.5, 0.6) is 0 Å². The van der Waals surface area contributed by atoms with Crippen molar-refractivity contribution < 1.29 is 0 Å². The van der Waals surface area contributed by atoms with Gasteiger partial charge in [0.2, 0.25) is 4.77 Å². The van der Waals surface area contributed by atoms with Gasteiger partial charge in [-0.3, -0.25) is 4.57 Å². The number of hydrogen-bond acceptors (Lipinski definition) is 4. The molecule has 4 rings (SSSR count). The maximum Gasteiger partial charge on any atom is 0.208 e. The van der Waals surface area contributed by atoms with Gasteiger partial charge in [-0.05, 0) is 29.9 Å². The molecule has 0 fully saturated rings. The lowest BCUT2D eigenvalue weighted by molar-refractivity contribution is 0.774. The van der Waals surface area contributed by atoms with Crippen LogP contribution in [-0.4, -0.2) is 14.5 Å². The van der Waals surface area contributed by atoms with Crippen molar-refractivity contribution in [3.05, 3.63) is 101 Å². The Morgan fingerprint density at radius 3 is 2.00 bits per heavy atom. The first-order valence-electron chi connectivity index (χ1n) is 8.60. The molecule has 4 aromatic rings. The molecule has 0 aliphatic heterocycles. The number of rotatable bonds is 5. The van der Waals surface area contributed by atoms with Gasteiger partial charge < -0.3 is 0 Å². The zero-order chi connectivity index (χ0) is 18.5. The van der Waals surface area contributed by atoms with Gasteiger partial charge in [-0.15, -0.1) is 0 Å². The van der Waals surface area contributed by atoms with Gasteiger partial charge >= 0.3 is 0 Å². The normalized spacial score (nSPS) is 10.7. The van der Waals surface area contributed by atoms with Gasteiger partial charge in [-0.25, -0.2) is 4.98 Å². The summed E-state index contributed by atoms with van der Waals surface area (Å²) in [5.41, 5.74) is 3.18. The monoisotopic (exact) mass is 387 g/mol. The second-order valence-electron chi connectivity index (χ2n) is 5.92. The molecule has 132 valence electrons. The van der Waals surface area contributed by atoms with Crippen LogP contribution in [0.3, 0.4) is 0 Å². The van der Waals surface area contributed by atoms with E-state index in [1.54, 1.807) is 11.8 Å². The highest BCUT2D eigenvalue weighted by molar-refractivity contribution is 7.98. The molecule has 3 aromatic carbocycles. The lowest BCUT2D eigenvalue weighted by atomic mass is 10.2. The van der Waals surface area contributed by atoms with Crippen LogP contribution in [0.4, 0.5) is 0 Å². The van der Waals surface area contributed by atoms with E-state index in [-0.39, 0.29) is 0 Å². The SMILES string of the molecule is S=c1nc(-c2ccccc2)nc(SCc2ccccc2)n1-c1ccccc1. The van der Waals surface area contributed by atoms with E-state index in [1.165, 1.54) is 5.56 Å². The van der Waals surface area contributed by atoms with Crippen LogP contribution < -0.4 is 0 Å². The predicted molar refractivity (Wildman–Crippen MR) is 114 cm³/mol. The molecule has 0 bridgehead atoms. The third-order valence-corrected chi connectivity index (χ3v) is 5.33. The average molecular weight is 388 g/mol. The largest absolute Gasteiger partial charge is 0.264 e. The van der Waals surface area contributed by atoms with Gasteiger partial charge in [0.05, 0.1) is 5.69 Å².